The molecule has 0 spiro atoms. The molecule has 3 amide bonds. The Hall–Kier alpha value is -2.42. The molecule has 1 atom stereocenters. The van der Waals surface area contributed by atoms with Crippen LogP contribution in [0.4, 0.5) is 13.2 Å². The molecule has 9 heteroatoms. The van der Waals surface area contributed by atoms with Crippen LogP contribution in [0.5, 0.6) is 0 Å². The highest BCUT2D eigenvalue weighted by Gasteiger charge is 2.48. The lowest BCUT2D eigenvalue weighted by atomic mass is 9.90. The van der Waals surface area contributed by atoms with Crippen LogP contribution in [0.15, 0.2) is 24.3 Å². The second kappa shape index (κ2) is 6.47. The molecule has 1 aromatic carbocycles. The molecule has 0 aromatic heterocycles. The van der Waals surface area contributed by atoms with Gasteiger partial charge in [-0.2, -0.15) is 13.2 Å². The Kier molecular flexibility index (Phi) is 4.90. The van der Waals surface area contributed by atoms with Crippen molar-refractivity contribution >= 4 is 17.7 Å². The van der Waals surface area contributed by atoms with Gasteiger partial charge in [0.2, 0.25) is 5.91 Å². The topological polar surface area (TPSA) is 86.7 Å². The van der Waals surface area contributed by atoms with Crippen molar-refractivity contribution in [3.63, 3.8) is 0 Å². The molecule has 1 aliphatic heterocycles. The molecule has 2 N–H and O–H groups in total. The monoisotopic (exact) mass is 358 g/mol. The number of benzene rings is 1. The van der Waals surface area contributed by atoms with Gasteiger partial charge in [0.05, 0.1) is 16.7 Å². The molecule has 0 saturated carbocycles. The summed E-state index contributed by atoms with van der Waals surface area (Å²) in [4.78, 5) is 36.8. The summed E-state index contributed by atoms with van der Waals surface area (Å²) in [7, 11) is 0. The number of aliphatic hydroxyl groups is 1. The first-order valence-corrected chi connectivity index (χ1v) is 7.44. The maximum atomic E-state index is 12.9. The number of nitrogens with one attached hydrogen (secondary N) is 1. The van der Waals surface area contributed by atoms with E-state index in [4.69, 9.17) is 0 Å². The second-order valence-corrected chi connectivity index (χ2v) is 6.29. The van der Waals surface area contributed by atoms with E-state index in [0.29, 0.717) is 4.90 Å². The van der Waals surface area contributed by atoms with E-state index in [1.54, 1.807) is 12.1 Å². The van der Waals surface area contributed by atoms with Gasteiger partial charge in [-0.1, -0.05) is 12.1 Å². The molecule has 1 unspecified atom stereocenters. The van der Waals surface area contributed by atoms with E-state index in [9.17, 15) is 32.7 Å². The fraction of sp³-hybridized carbons (Fsp3) is 0.438. The third-order valence-electron chi connectivity index (χ3n) is 3.93. The predicted octanol–water partition coefficient (Wildman–Crippen LogP) is 1.35. The van der Waals surface area contributed by atoms with Crippen molar-refractivity contribution in [3.8, 4) is 0 Å². The van der Waals surface area contributed by atoms with E-state index in [1.165, 1.54) is 12.1 Å². The van der Waals surface area contributed by atoms with Crippen molar-refractivity contribution in [2.75, 3.05) is 13.1 Å². The summed E-state index contributed by atoms with van der Waals surface area (Å²) < 4.78 is 38.8. The first-order chi connectivity index (χ1) is 11.4. The molecule has 0 saturated heterocycles. The first kappa shape index (κ1) is 18.9. The van der Waals surface area contributed by atoms with Gasteiger partial charge in [0.1, 0.15) is 12.5 Å². The number of hydrogen-bond acceptors (Lipinski definition) is 4. The minimum absolute atomic E-state index is 0.143. The van der Waals surface area contributed by atoms with Gasteiger partial charge in [0, 0.05) is 6.54 Å². The number of imide groups is 1. The SMILES string of the molecule is CC(C)(O)C(CNC(=O)CN1C(=O)c2ccccc2C1=O)C(F)(F)F. The van der Waals surface area contributed by atoms with Gasteiger partial charge in [0.15, 0.2) is 0 Å². The van der Waals surface area contributed by atoms with E-state index >= 15 is 0 Å². The van der Waals surface area contributed by atoms with Gasteiger partial charge < -0.3 is 10.4 Å². The predicted molar refractivity (Wildman–Crippen MR) is 80.7 cm³/mol. The van der Waals surface area contributed by atoms with Crippen LogP contribution >= 0.6 is 0 Å². The van der Waals surface area contributed by atoms with Crippen LogP contribution < -0.4 is 5.32 Å². The van der Waals surface area contributed by atoms with E-state index in [-0.39, 0.29) is 11.1 Å². The lowest BCUT2D eigenvalue weighted by Crippen LogP contribution is -2.50. The number of carbonyl (C=O) groups is 3. The summed E-state index contributed by atoms with van der Waals surface area (Å²) in [5, 5.41) is 11.6. The Morgan fingerprint density at radius 1 is 1.16 bits per heavy atom. The van der Waals surface area contributed by atoms with Gasteiger partial charge in [-0.3, -0.25) is 19.3 Å². The summed E-state index contributed by atoms with van der Waals surface area (Å²) >= 11 is 0. The largest absolute Gasteiger partial charge is 0.396 e. The lowest BCUT2D eigenvalue weighted by Gasteiger charge is -2.31. The Balaban J connectivity index is 2.02. The van der Waals surface area contributed by atoms with Crippen molar-refractivity contribution in [3.05, 3.63) is 35.4 Å². The van der Waals surface area contributed by atoms with Gasteiger partial charge in [-0.05, 0) is 26.0 Å². The van der Waals surface area contributed by atoms with E-state index in [1.807, 2.05) is 5.32 Å². The molecule has 25 heavy (non-hydrogen) atoms. The molecule has 0 radical (unpaired) electrons. The van der Waals surface area contributed by atoms with E-state index in [0.717, 1.165) is 13.8 Å². The van der Waals surface area contributed by atoms with Crippen LogP contribution in [0.2, 0.25) is 0 Å². The zero-order chi connectivity index (χ0) is 19.0. The number of fused-ring (bicyclic) bond motifs is 1. The highest BCUT2D eigenvalue weighted by molar-refractivity contribution is 6.22. The highest BCUT2D eigenvalue weighted by Crippen LogP contribution is 2.33. The smallest absolute Gasteiger partial charge is 0.390 e. The van der Waals surface area contributed by atoms with Crippen molar-refractivity contribution in [2.24, 2.45) is 5.92 Å². The minimum atomic E-state index is -4.72. The van der Waals surface area contributed by atoms with Crippen LogP contribution in [0.25, 0.3) is 0 Å². The van der Waals surface area contributed by atoms with Gasteiger partial charge in [-0.15, -0.1) is 0 Å². The second-order valence-electron chi connectivity index (χ2n) is 6.29. The van der Waals surface area contributed by atoms with Crippen LogP contribution in [0, 0.1) is 5.92 Å². The highest BCUT2D eigenvalue weighted by atomic mass is 19.4. The molecule has 1 aliphatic rings. The minimum Gasteiger partial charge on any atom is -0.390 e. The summed E-state index contributed by atoms with van der Waals surface area (Å²) in [5.41, 5.74) is -1.81. The molecule has 1 heterocycles. The standard InChI is InChI=1S/C16H17F3N2O4/c1-15(2,25)11(16(17,18)19)7-20-12(22)8-21-13(23)9-5-3-4-6-10(9)14(21)24/h3-6,11,25H,7-8H2,1-2H3,(H,20,22). The number of halogens is 3. The number of amides is 3. The van der Waals surface area contributed by atoms with Crippen LogP contribution in [0.1, 0.15) is 34.6 Å². The quantitative estimate of drug-likeness (QED) is 0.778. The van der Waals surface area contributed by atoms with Crippen LogP contribution in [0.3, 0.4) is 0 Å². The van der Waals surface area contributed by atoms with Crippen molar-refractivity contribution in [1.29, 1.82) is 0 Å². The Bertz CT molecular complexity index is 661. The molecule has 136 valence electrons. The normalized spacial score (nSPS) is 16.0. The fourth-order valence-corrected chi connectivity index (χ4v) is 2.56. The molecule has 0 fully saturated rings. The van der Waals surface area contributed by atoms with Gasteiger partial charge in [0.25, 0.3) is 11.8 Å². The number of hydrogen-bond donors (Lipinski definition) is 2. The third kappa shape index (κ3) is 3.98. The zero-order valence-electron chi connectivity index (χ0n) is 13.6. The van der Waals surface area contributed by atoms with Gasteiger partial charge in [-0.25, -0.2) is 0 Å². The Morgan fingerprint density at radius 3 is 2.04 bits per heavy atom. The van der Waals surface area contributed by atoms with Crippen LogP contribution in [-0.2, 0) is 4.79 Å². The summed E-state index contributed by atoms with van der Waals surface area (Å²) in [5.74, 6) is -4.46. The molecular formula is C16H17F3N2O4. The molecule has 2 rings (SSSR count). The molecular weight excluding hydrogens is 341 g/mol. The Labute approximate surface area is 141 Å². The average molecular weight is 358 g/mol. The number of carbonyl (C=O) groups excluding carboxylic acids is 3. The maximum absolute atomic E-state index is 12.9. The molecule has 1 aromatic rings. The summed E-state index contributed by atoms with van der Waals surface area (Å²) in [6.07, 6.45) is -4.72. The van der Waals surface area contributed by atoms with Crippen molar-refractivity contribution < 1.29 is 32.7 Å². The number of nitrogens with zero attached hydrogens (tertiary/aromatic N) is 1. The average Bonchev–Trinajstić information content (AvgIpc) is 2.70. The Morgan fingerprint density at radius 2 is 1.64 bits per heavy atom. The number of alkyl halides is 3. The fourth-order valence-electron chi connectivity index (χ4n) is 2.56. The number of rotatable bonds is 5. The van der Waals surface area contributed by atoms with E-state index < -0.39 is 48.5 Å². The third-order valence-corrected chi connectivity index (χ3v) is 3.93. The van der Waals surface area contributed by atoms with Crippen molar-refractivity contribution in [1.82, 2.24) is 10.2 Å². The lowest BCUT2D eigenvalue weighted by molar-refractivity contribution is -0.217. The first-order valence-electron chi connectivity index (χ1n) is 7.44. The van der Waals surface area contributed by atoms with Crippen LogP contribution in [-0.4, -0.2) is 52.6 Å². The molecule has 6 nitrogen and oxygen atoms in total. The summed E-state index contributed by atoms with van der Waals surface area (Å²) in [6.45, 7) is 0.417. The van der Waals surface area contributed by atoms with Gasteiger partial charge >= 0.3 is 6.18 Å². The summed E-state index contributed by atoms with van der Waals surface area (Å²) in [6, 6.07) is 5.98. The maximum Gasteiger partial charge on any atom is 0.396 e. The molecule has 0 bridgehead atoms. The van der Waals surface area contributed by atoms with Crippen molar-refractivity contribution in [2.45, 2.75) is 25.6 Å². The van der Waals surface area contributed by atoms with E-state index in [2.05, 4.69) is 0 Å². The zero-order valence-corrected chi connectivity index (χ0v) is 13.6. The molecule has 0 aliphatic carbocycles.